The average Bonchev–Trinajstić information content (AvgIpc) is 3.27. The van der Waals surface area contributed by atoms with Gasteiger partial charge < -0.3 is 10.1 Å². The maximum atomic E-state index is 12.3. The molecule has 0 fully saturated rings. The number of benzene rings is 1. The number of rotatable bonds is 5. The SMILES string of the molecule is Cc1nc2ncnn2c(C)c1CC(=O)OCC(=O)c1ccc2c(c1)CC(=O)N2. The van der Waals surface area contributed by atoms with Crippen LogP contribution in [-0.2, 0) is 27.2 Å². The van der Waals surface area contributed by atoms with Crippen molar-refractivity contribution >= 4 is 29.1 Å². The van der Waals surface area contributed by atoms with Crippen molar-refractivity contribution in [2.75, 3.05) is 11.9 Å². The van der Waals surface area contributed by atoms with Crippen molar-refractivity contribution in [1.82, 2.24) is 19.6 Å². The zero-order valence-electron chi connectivity index (χ0n) is 15.4. The smallest absolute Gasteiger partial charge is 0.310 e. The van der Waals surface area contributed by atoms with Crippen LogP contribution in [0, 0.1) is 13.8 Å². The van der Waals surface area contributed by atoms with Crippen LogP contribution in [-0.4, -0.2) is 43.8 Å². The molecule has 0 saturated heterocycles. The van der Waals surface area contributed by atoms with Crippen molar-refractivity contribution in [2.24, 2.45) is 0 Å². The number of Topliss-reactive ketones (excluding diaryl/α,β-unsaturated/α-hetero) is 1. The summed E-state index contributed by atoms with van der Waals surface area (Å²) in [6.45, 7) is 3.25. The molecule has 0 bridgehead atoms. The lowest BCUT2D eigenvalue weighted by Crippen LogP contribution is -2.18. The highest BCUT2D eigenvalue weighted by Crippen LogP contribution is 2.24. The van der Waals surface area contributed by atoms with E-state index in [-0.39, 0.29) is 31.1 Å². The Morgan fingerprint density at radius 1 is 1.29 bits per heavy atom. The van der Waals surface area contributed by atoms with Crippen LogP contribution in [0.3, 0.4) is 0 Å². The molecule has 2 aromatic heterocycles. The Hall–Kier alpha value is -3.62. The van der Waals surface area contributed by atoms with Gasteiger partial charge in [0.2, 0.25) is 5.91 Å². The van der Waals surface area contributed by atoms with Crippen molar-refractivity contribution in [3.05, 3.63) is 52.6 Å². The molecular weight excluding hydrogens is 362 g/mol. The number of carbonyl (C=O) groups excluding carboxylic acids is 3. The number of nitrogens with one attached hydrogen (secondary N) is 1. The average molecular weight is 379 g/mol. The van der Waals surface area contributed by atoms with E-state index in [0.29, 0.717) is 28.3 Å². The molecular formula is C19H17N5O4. The van der Waals surface area contributed by atoms with Crippen LogP contribution in [0.15, 0.2) is 24.5 Å². The molecule has 1 N–H and O–H groups in total. The van der Waals surface area contributed by atoms with Crippen molar-refractivity contribution < 1.29 is 19.1 Å². The first-order chi connectivity index (χ1) is 13.4. The largest absolute Gasteiger partial charge is 0.457 e. The molecule has 0 aliphatic carbocycles. The number of carbonyl (C=O) groups is 3. The van der Waals surface area contributed by atoms with Crippen LogP contribution in [0.25, 0.3) is 5.78 Å². The van der Waals surface area contributed by atoms with E-state index < -0.39 is 5.97 Å². The number of aryl methyl sites for hydroxylation is 2. The minimum atomic E-state index is -0.529. The summed E-state index contributed by atoms with van der Waals surface area (Å²) in [4.78, 5) is 44.4. The summed E-state index contributed by atoms with van der Waals surface area (Å²) >= 11 is 0. The molecule has 0 unspecified atom stereocenters. The second-order valence-corrected chi connectivity index (χ2v) is 6.59. The summed E-state index contributed by atoms with van der Waals surface area (Å²) in [7, 11) is 0. The molecule has 1 aliphatic heterocycles. The molecule has 142 valence electrons. The molecule has 28 heavy (non-hydrogen) atoms. The first kappa shape index (κ1) is 17.8. The quantitative estimate of drug-likeness (QED) is 0.523. The summed E-state index contributed by atoms with van der Waals surface area (Å²) in [5.74, 6) is -0.491. The number of aromatic nitrogens is 4. The fraction of sp³-hybridized carbons (Fsp3) is 0.263. The van der Waals surface area contributed by atoms with Gasteiger partial charge in [0.05, 0.1) is 12.8 Å². The van der Waals surface area contributed by atoms with Crippen molar-refractivity contribution in [1.29, 1.82) is 0 Å². The lowest BCUT2D eigenvalue weighted by atomic mass is 10.1. The van der Waals surface area contributed by atoms with Gasteiger partial charge in [-0.3, -0.25) is 14.4 Å². The van der Waals surface area contributed by atoms with Gasteiger partial charge in [0.15, 0.2) is 12.4 Å². The van der Waals surface area contributed by atoms with Crippen LogP contribution in [0.2, 0.25) is 0 Å². The number of ether oxygens (including phenoxy) is 1. The third-order valence-electron chi connectivity index (χ3n) is 4.73. The van der Waals surface area contributed by atoms with E-state index in [0.717, 1.165) is 11.3 Å². The van der Waals surface area contributed by atoms with Gasteiger partial charge >= 0.3 is 5.97 Å². The fourth-order valence-corrected chi connectivity index (χ4v) is 3.24. The monoisotopic (exact) mass is 379 g/mol. The molecule has 3 heterocycles. The van der Waals surface area contributed by atoms with E-state index >= 15 is 0 Å². The Balaban J connectivity index is 1.42. The molecule has 0 atom stereocenters. The van der Waals surface area contributed by atoms with E-state index in [1.165, 1.54) is 6.33 Å². The summed E-state index contributed by atoms with van der Waals surface area (Å²) < 4.78 is 6.72. The Bertz CT molecular complexity index is 1130. The minimum absolute atomic E-state index is 0.0175. The van der Waals surface area contributed by atoms with Gasteiger partial charge in [-0.25, -0.2) is 9.50 Å². The highest BCUT2D eigenvalue weighted by molar-refractivity contribution is 6.02. The second kappa shape index (κ2) is 6.84. The molecule has 0 radical (unpaired) electrons. The van der Waals surface area contributed by atoms with Gasteiger partial charge in [-0.1, -0.05) is 0 Å². The molecule has 0 saturated carbocycles. The maximum Gasteiger partial charge on any atom is 0.310 e. The number of nitrogens with zero attached hydrogens (tertiary/aromatic N) is 4. The number of hydrogen-bond donors (Lipinski definition) is 1. The first-order valence-corrected chi connectivity index (χ1v) is 8.70. The van der Waals surface area contributed by atoms with Gasteiger partial charge in [-0.15, -0.1) is 0 Å². The van der Waals surface area contributed by atoms with Crippen molar-refractivity contribution in [3.8, 4) is 0 Å². The third kappa shape index (κ3) is 3.22. The highest BCUT2D eigenvalue weighted by Gasteiger charge is 2.20. The van der Waals surface area contributed by atoms with E-state index in [1.807, 2.05) is 6.92 Å². The topological polar surface area (TPSA) is 116 Å². The number of amides is 1. The van der Waals surface area contributed by atoms with Gasteiger partial charge in [-0.05, 0) is 37.6 Å². The number of esters is 1. The predicted octanol–water partition coefficient (Wildman–Crippen LogP) is 1.20. The summed E-state index contributed by atoms with van der Waals surface area (Å²) in [6, 6.07) is 4.94. The fourth-order valence-electron chi connectivity index (χ4n) is 3.24. The predicted molar refractivity (Wildman–Crippen MR) is 98.0 cm³/mol. The van der Waals surface area contributed by atoms with Crippen LogP contribution < -0.4 is 5.32 Å². The summed E-state index contributed by atoms with van der Waals surface area (Å²) in [6.07, 6.45) is 1.62. The number of fused-ring (bicyclic) bond motifs is 2. The first-order valence-electron chi connectivity index (χ1n) is 8.70. The van der Waals surface area contributed by atoms with E-state index in [1.54, 1.807) is 29.6 Å². The minimum Gasteiger partial charge on any atom is -0.457 e. The van der Waals surface area contributed by atoms with Crippen LogP contribution in [0.5, 0.6) is 0 Å². The van der Waals surface area contributed by atoms with E-state index in [4.69, 9.17) is 4.74 Å². The zero-order chi connectivity index (χ0) is 19.8. The molecule has 1 amide bonds. The highest BCUT2D eigenvalue weighted by atomic mass is 16.5. The zero-order valence-corrected chi connectivity index (χ0v) is 15.4. The van der Waals surface area contributed by atoms with Crippen LogP contribution >= 0.6 is 0 Å². The van der Waals surface area contributed by atoms with Gasteiger partial charge in [0.1, 0.15) is 6.33 Å². The summed E-state index contributed by atoms with van der Waals surface area (Å²) in [5.41, 5.74) is 3.98. The standard InChI is InChI=1S/C19H17N5O4/c1-10-14(11(2)24-19(22-10)20-9-21-24)7-18(27)28-8-16(25)12-3-4-15-13(5-12)6-17(26)23-15/h3-5,9H,6-8H2,1-2H3,(H,23,26). The molecule has 1 aliphatic rings. The normalized spacial score (nSPS) is 12.7. The van der Waals surface area contributed by atoms with Crippen molar-refractivity contribution in [3.63, 3.8) is 0 Å². The Morgan fingerprint density at radius 3 is 2.93 bits per heavy atom. The van der Waals surface area contributed by atoms with Crippen molar-refractivity contribution in [2.45, 2.75) is 26.7 Å². The second-order valence-electron chi connectivity index (χ2n) is 6.59. The number of anilines is 1. The van der Waals surface area contributed by atoms with E-state index in [2.05, 4.69) is 20.4 Å². The molecule has 9 nitrogen and oxygen atoms in total. The third-order valence-corrected chi connectivity index (χ3v) is 4.73. The van der Waals surface area contributed by atoms with Gasteiger partial charge in [-0.2, -0.15) is 10.1 Å². The number of hydrogen-bond acceptors (Lipinski definition) is 7. The number of ketones is 1. The maximum absolute atomic E-state index is 12.3. The molecule has 9 heteroatoms. The van der Waals surface area contributed by atoms with Gasteiger partial charge in [0, 0.05) is 28.2 Å². The molecule has 0 spiro atoms. The Morgan fingerprint density at radius 2 is 2.11 bits per heavy atom. The van der Waals surface area contributed by atoms with Crippen LogP contribution in [0.4, 0.5) is 5.69 Å². The molecule has 3 aromatic rings. The lowest BCUT2D eigenvalue weighted by molar-refractivity contribution is -0.141. The Kier molecular flexibility index (Phi) is 4.34. The molecule has 4 rings (SSSR count). The summed E-state index contributed by atoms with van der Waals surface area (Å²) in [5, 5.41) is 6.79. The lowest BCUT2D eigenvalue weighted by Gasteiger charge is -2.10. The Labute approximate surface area is 159 Å². The van der Waals surface area contributed by atoms with Gasteiger partial charge in [0.25, 0.3) is 5.78 Å². The molecule has 1 aromatic carbocycles. The van der Waals surface area contributed by atoms with E-state index in [9.17, 15) is 14.4 Å². The van der Waals surface area contributed by atoms with Crippen LogP contribution in [0.1, 0.15) is 32.9 Å².